The number of benzene rings is 2. The van der Waals surface area contributed by atoms with Crippen molar-refractivity contribution in [3.05, 3.63) is 56.5 Å². The first-order valence-electron chi connectivity index (χ1n) is 5.58. The fourth-order valence-electron chi connectivity index (χ4n) is 1.53. The van der Waals surface area contributed by atoms with Crippen LogP contribution in [0, 0.1) is 0 Å². The molecule has 2 nitrogen and oxygen atoms in total. The maximum absolute atomic E-state index is 9.51. The number of rotatable bonds is 3. The minimum atomic E-state index is -0.528. The van der Waals surface area contributed by atoms with Crippen molar-refractivity contribution < 1.29 is 9.84 Å². The van der Waals surface area contributed by atoms with Gasteiger partial charge < -0.3 is 9.84 Å². The van der Waals surface area contributed by atoms with Gasteiger partial charge in [-0.15, -0.1) is 0 Å². The molecule has 100 valence electrons. The first-order chi connectivity index (χ1) is 8.97. The van der Waals surface area contributed by atoms with Gasteiger partial charge in [-0.3, -0.25) is 0 Å². The monoisotopic (exact) mass is 360 g/mol. The zero-order chi connectivity index (χ0) is 14.0. The fraction of sp³-hybridized carbons (Fsp3) is 0.143. The van der Waals surface area contributed by atoms with Crippen LogP contribution in [-0.2, 0) is 0 Å². The van der Waals surface area contributed by atoms with Gasteiger partial charge in [0.2, 0.25) is 0 Å². The molecule has 0 heterocycles. The molecule has 0 aliphatic rings. The molecule has 0 bridgehead atoms. The molecule has 0 spiro atoms. The number of aliphatic hydroxyl groups excluding tert-OH is 1. The van der Waals surface area contributed by atoms with Crippen LogP contribution < -0.4 is 4.74 Å². The molecule has 0 saturated heterocycles. The summed E-state index contributed by atoms with van der Waals surface area (Å²) >= 11 is 15.4. The Bertz CT molecular complexity index is 600. The minimum absolute atomic E-state index is 0.482. The van der Waals surface area contributed by atoms with Crippen LogP contribution in [0.5, 0.6) is 11.5 Å². The van der Waals surface area contributed by atoms with E-state index in [0.717, 1.165) is 10.0 Å². The Morgan fingerprint density at radius 2 is 1.84 bits per heavy atom. The second-order valence-electron chi connectivity index (χ2n) is 4.04. The highest BCUT2D eigenvalue weighted by Crippen LogP contribution is 2.36. The molecule has 0 fully saturated rings. The van der Waals surface area contributed by atoms with Gasteiger partial charge in [0.05, 0.1) is 15.6 Å². The molecule has 2 aromatic rings. The third kappa shape index (κ3) is 3.63. The molecule has 0 amide bonds. The minimum Gasteiger partial charge on any atom is -0.455 e. The second kappa shape index (κ2) is 6.14. The summed E-state index contributed by atoms with van der Waals surface area (Å²) in [6.45, 7) is 1.70. The van der Waals surface area contributed by atoms with E-state index in [1.807, 2.05) is 0 Å². The summed E-state index contributed by atoms with van der Waals surface area (Å²) in [6, 6.07) is 10.4. The van der Waals surface area contributed by atoms with Gasteiger partial charge in [0.1, 0.15) is 11.5 Å². The molecular weight excluding hydrogens is 351 g/mol. The molecule has 0 aliphatic heterocycles. The Morgan fingerprint density at radius 3 is 2.47 bits per heavy atom. The highest BCUT2D eigenvalue weighted by atomic mass is 79.9. The number of halogens is 3. The predicted octanol–water partition coefficient (Wildman–Crippen LogP) is 5.60. The average Bonchev–Trinajstić information content (AvgIpc) is 2.36. The normalized spacial score (nSPS) is 12.3. The van der Waals surface area contributed by atoms with Crippen molar-refractivity contribution in [2.75, 3.05) is 0 Å². The second-order valence-corrected chi connectivity index (χ2v) is 5.74. The van der Waals surface area contributed by atoms with Gasteiger partial charge in [0.25, 0.3) is 0 Å². The van der Waals surface area contributed by atoms with Crippen LogP contribution in [0.2, 0.25) is 10.0 Å². The Balaban J connectivity index is 2.31. The molecule has 2 rings (SSSR count). The summed E-state index contributed by atoms with van der Waals surface area (Å²) in [5, 5.41) is 10.5. The summed E-state index contributed by atoms with van der Waals surface area (Å²) in [7, 11) is 0. The third-order valence-electron chi connectivity index (χ3n) is 2.55. The molecule has 0 aromatic heterocycles. The zero-order valence-electron chi connectivity index (χ0n) is 10.0. The number of ether oxygens (including phenoxy) is 1. The molecule has 0 unspecified atom stereocenters. The van der Waals surface area contributed by atoms with Crippen LogP contribution in [0.4, 0.5) is 0 Å². The Hall–Kier alpha value is -0.740. The summed E-state index contributed by atoms with van der Waals surface area (Å²) in [5.41, 5.74) is 0.802. The van der Waals surface area contributed by atoms with E-state index in [0.29, 0.717) is 21.5 Å². The van der Waals surface area contributed by atoms with Gasteiger partial charge in [-0.05, 0) is 52.7 Å². The Kier molecular flexibility index (Phi) is 4.74. The van der Waals surface area contributed by atoms with E-state index in [-0.39, 0.29) is 0 Å². The average molecular weight is 362 g/mol. The summed E-state index contributed by atoms with van der Waals surface area (Å²) in [6.07, 6.45) is -0.528. The van der Waals surface area contributed by atoms with Gasteiger partial charge >= 0.3 is 0 Å². The maximum atomic E-state index is 9.51. The van der Waals surface area contributed by atoms with Crippen molar-refractivity contribution in [2.45, 2.75) is 13.0 Å². The fourth-order valence-corrected chi connectivity index (χ4v) is 2.33. The SMILES string of the molecule is C[C@H](O)c1ccc(Oc2cc(Cl)ccc2Cl)c(Br)c1. The predicted molar refractivity (Wildman–Crippen MR) is 81.3 cm³/mol. The Labute approximate surface area is 130 Å². The highest BCUT2D eigenvalue weighted by Gasteiger charge is 2.09. The third-order valence-corrected chi connectivity index (χ3v) is 3.72. The van der Waals surface area contributed by atoms with E-state index in [1.54, 1.807) is 43.3 Å². The lowest BCUT2D eigenvalue weighted by atomic mass is 10.1. The number of aliphatic hydroxyl groups is 1. The lowest BCUT2D eigenvalue weighted by Gasteiger charge is -2.12. The van der Waals surface area contributed by atoms with Crippen molar-refractivity contribution in [1.82, 2.24) is 0 Å². The molecule has 2 aromatic carbocycles. The van der Waals surface area contributed by atoms with E-state index in [1.165, 1.54) is 0 Å². The molecule has 19 heavy (non-hydrogen) atoms. The van der Waals surface area contributed by atoms with Crippen molar-refractivity contribution in [2.24, 2.45) is 0 Å². The largest absolute Gasteiger partial charge is 0.455 e. The molecule has 0 saturated carbocycles. The van der Waals surface area contributed by atoms with Crippen LogP contribution in [0.25, 0.3) is 0 Å². The van der Waals surface area contributed by atoms with Crippen molar-refractivity contribution >= 4 is 39.1 Å². The molecule has 0 radical (unpaired) electrons. The van der Waals surface area contributed by atoms with Crippen LogP contribution in [0.15, 0.2) is 40.9 Å². The first-order valence-corrected chi connectivity index (χ1v) is 7.12. The van der Waals surface area contributed by atoms with E-state index in [2.05, 4.69) is 15.9 Å². The molecular formula is C14H11BrCl2O2. The number of hydrogen-bond acceptors (Lipinski definition) is 2. The summed E-state index contributed by atoms with van der Waals surface area (Å²) in [4.78, 5) is 0. The van der Waals surface area contributed by atoms with E-state index >= 15 is 0 Å². The lowest BCUT2D eigenvalue weighted by Crippen LogP contribution is -1.92. The van der Waals surface area contributed by atoms with Crippen molar-refractivity contribution in [3.8, 4) is 11.5 Å². The molecule has 1 atom stereocenters. The van der Waals surface area contributed by atoms with Crippen LogP contribution >= 0.6 is 39.1 Å². The topological polar surface area (TPSA) is 29.5 Å². The summed E-state index contributed by atoms with van der Waals surface area (Å²) in [5.74, 6) is 1.09. The van der Waals surface area contributed by atoms with Crippen molar-refractivity contribution in [1.29, 1.82) is 0 Å². The van der Waals surface area contributed by atoms with E-state index in [4.69, 9.17) is 27.9 Å². The molecule has 1 N–H and O–H groups in total. The van der Waals surface area contributed by atoms with Crippen LogP contribution in [0.1, 0.15) is 18.6 Å². The van der Waals surface area contributed by atoms with Crippen LogP contribution in [0.3, 0.4) is 0 Å². The highest BCUT2D eigenvalue weighted by molar-refractivity contribution is 9.10. The van der Waals surface area contributed by atoms with Gasteiger partial charge in [0, 0.05) is 11.1 Å². The quantitative estimate of drug-likeness (QED) is 0.770. The van der Waals surface area contributed by atoms with E-state index in [9.17, 15) is 5.11 Å². The van der Waals surface area contributed by atoms with Gasteiger partial charge in [-0.1, -0.05) is 29.3 Å². The zero-order valence-corrected chi connectivity index (χ0v) is 13.1. The smallest absolute Gasteiger partial charge is 0.147 e. The van der Waals surface area contributed by atoms with Gasteiger partial charge in [-0.2, -0.15) is 0 Å². The maximum Gasteiger partial charge on any atom is 0.147 e. The van der Waals surface area contributed by atoms with Gasteiger partial charge in [0.15, 0.2) is 0 Å². The van der Waals surface area contributed by atoms with Gasteiger partial charge in [-0.25, -0.2) is 0 Å². The van der Waals surface area contributed by atoms with E-state index < -0.39 is 6.10 Å². The first kappa shape index (κ1) is 14.7. The van der Waals surface area contributed by atoms with Crippen molar-refractivity contribution in [3.63, 3.8) is 0 Å². The molecule has 0 aliphatic carbocycles. The standard InChI is InChI=1S/C14H11BrCl2O2/c1-8(18)9-2-5-13(11(15)6-9)19-14-7-10(16)3-4-12(14)17/h2-8,18H,1H3/t8-/m0/s1. The number of hydrogen-bond donors (Lipinski definition) is 1. The lowest BCUT2D eigenvalue weighted by molar-refractivity contribution is 0.199. The van der Waals surface area contributed by atoms with Crippen LogP contribution in [-0.4, -0.2) is 5.11 Å². The Morgan fingerprint density at radius 1 is 1.11 bits per heavy atom. The molecule has 5 heteroatoms. The summed E-state index contributed by atoms with van der Waals surface area (Å²) < 4.78 is 6.45.